The molecule has 0 aliphatic rings. The Morgan fingerprint density at radius 3 is 1.70 bits per heavy atom. The molecule has 2 aromatic rings. The van der Waals surface area contributed by atoms with Gasteiger partial charge >= 0.3 is 5.97 Å². The van der Waals surface area contributed by atoms with Crippen molar-refractivity contribution in [2.24, 2.45) is 0 Å². The van der Waals surface area contributed by atoms with Gasteiger partial charge in [-0.05, 0) is 55.0 Å². The molecule has 2 aromatic carbocycles. The first-order valence-corrected chi connectivity index (χ1v) is 9.33. The van der Waals surface area contributed by atoms with Crippen LogP contribution in [0, 0.1) is 0 Å². The van der Waals surface area contributed by atoms with Gasteiger partial charge in [-0.3, -0.25) is 9.59 Å². The lowest BCUT2D eigenvalue weighted by Crippen LogP contribution is -2.06. The summed E-state index contributed by atoms with van der Waals surface area (Å²) in [6.07, 6.45) is 1.39. The van der Waals surface area contributed by atoms with Gasteiger partial charge in [-0.2, -0.15) is 0 Å². The van der Waals surface area contributed by atoms with Crippen LogP contribution in [0.15, 0.2) is 48.5 Å². The van der Waals surface area contributed by atoms with Gasteiger partial charge in [-0.1, -0.05) is 0 Å². The van der Waals surface area contributed by atoms with E-state index < -0.39 is 0 Å². The number of carbonyl (C=O) groups excluding carboxylic acids is 2. The number of alkyl halides is 1. The first-order valence-electron chi connectivity index (χ1n) is 8.80. The highest BCUT2D eigenvalue weighted by atomic mass is 35.5. The number of rotatable bonds is 11. The third-order valence-corrected chi connectivity index (χ3v) is 3.91. The largest absolute Gasteiger partial charge is 0.494 e. The Bertz CT molecular complexity index is 725. The molecule has 0 heterocycles. The van der Waals surface area contributed by atoms with Crippen LogP contribution >= 0.6 is 11.6 Å². The standard InChI is InChI=1S/C21H23ClO5/c1-16(23)25-14-3-15-27-20-10-6-18(7-11-20)21(24)17-4-8-19(9-5-17)26-13-2-12-22/h4-11H,2-3,12-15H2,1H3. The van der Waals surface area contributed by atoms with Crippen LogP contribution in [0.2, 0.25) is 0 Å². The summed E-state index contributed by atoms with van der Waals surface area (Å²) in [5.41, 5.74) is 1.17. The molecule has 0 saturated heterocycles. The van der Waals surface area contributed by atoms with Gasteiger partial charge in [0.15, 0.2) is 5.78 Å². The summed E-state index contributed by atoms with van der Waals surface area (Å²) in [6.45, 7) is 2.70. The first-order chi connectivity index (χ1) is 13.1. The van der Waals surface area contributed by atoms with E-state index in [-0.39, 0.29) is 11.8 Å². The van der Waals surface area contributed by atoms with E-state index in [4.69, 9.17) is 25.8 Å². The van der Waals surface area contributed by atoms with Crippen molar-refractivity contribution < 1.29 is 23.8 Å². The predicted octanol–water partition coefficient (Wildman–Crippen LogP) is 4.26. The lowest BCUT2D eigenvalue weighted by atomic mass is 10.0. The van der Waals surface area contributed by atoms with Crippen molar-refractivity contribution >= 4 is 23.4 Å². The fraction of sp³-hybridized carbons (Fsp3) is 0.333. The number of ether oxygens (including phenoxy) is 3. The number of benzene rings is 2. The SMILES string of the molecule is CC(=O)OCCCOc1ccc(C(=O)c2ccc(OCCCCl)cc2)cc1. The van der Waals surface area contributed by atoms with Crippen LogP contribution in [-0.4, -0.2) is 37.5 Å². The highest BCUT2D eigenvalue weighted by Gasteiger charge is 2.09. The molecule has 0 N–H and O–H groups in total. The Morgan fingerprint density at radius 1 is 0.778 bits per heavy atom. The van der Waals surface area contributed by atoms with E-state index in [1.807, 2.05) is 0 Å². The zero-order valence-corrected chi connectivity index (χ0v) is 16.0. The summed E-state index contributed by atoms with van der Waals surface area (Å²) >= 11 is 5.62. The topological polar surface area (TPSA) is 61.8 Å². The second kappa shape index (κ2) is 11.2. The van der Waals surface area contributed by atoms with Crippen LogP contribution in [0.25, 0.3) is 0 Å². The summed E-state index contributed by atoms with van der Waals surface area (Å²) in [6, 6.07) is 14.0. The molecular formula is C21H23ClO5. The molecule has 0 amide bonds. The molecule has 0 unspecified atom stereocenters. The van der Waals surface area contributed by atoms with Crippen LogP contribution in [0.3, 0.4) is 0 Å². The van der Waals surface area contributed by atoms with E-state index in [0.29, 0.717) is 54.7 Å². The molecule has 144 valence electrons. The molecule has 0 saturated carbocycles. The zero-order chi connectivity index (χ0) is 19.5. The number of hydrogen-bond donors (Lipinski definition) is 0. The number of carbonyl (C=O) groups is 2. The second-order valence-electron chi connectivity index (χ2n) is 5.81. The van der Waals surface area contributed by atoms with Gasteiger partial charge in [0, 0.05) is 30.4 Å². The van der Waals surface area contributed by atoms with Crippen molar-refractivity contribution in [3.8, 4) is 11.5 Å². The highest BCUT2D eigenvalue weighted by molar-refractivity contribution is 6.17. The Hall–Kier alpha value is -2.53. The van der Waals surface area contributed by atoms with Gasteiger partial charge in [0.05, 0.1) is 19.8 Å². The number of hydrogen-bond acceptors (Lipinski definition) is 5. The van der Waals surface area contributed by atoms with Crippen molar-refractivity contribution in [1.82, 2.24) is 0 Å². The van der Waals surface area contributed by atoms with E-state index in [1.54, 1.807) is 48.5 Å². The lowest BCUT2D eigenvalue weighted by molar-refractivity contribution is -0.141. The molecule has 0 atom stereocenters. The highest BCUT2D eigenvalue weighted by Crippen LogP contribution is 2.18. The molecular weight excluding hydrogens is 368 g/mol. The molecule has 0 spiro atoms. The Balaban J connectivity index is 1.84. The quantitative estimate of drug-likeness (QED) is 0.248. The normalized spacial score (nSPS) is 10.3. The average Bonchev–Trinajstić information content (AvgIpc) is 2.68. The Morgan fingerprint density at radius 2 is 1.26 bits per heavy atom. The molecule has 0 aliphatic carbocycles. The van der Waals surface area contributed by atoms with Gasteiger partial charge in [0.1, 0.15) is 11.5 Å². The minimum atomic E-state index is -0.298. The molecule has 0 radical (unpaired) electrons. The summed E-state index contributed by atoms with van der Waals surface area (Å²) in [4.78, 5) is 23.2. The predicted molar refractivity (Wildman–Crippen MR) is 104 cm³/mol. The molecule has 6 heteroatoms. The molecule has 5 nitrogen and oxygen atoms in total. The van der Waals surface area contributed by atoms with Gasteiger partial charge in [-0.15, -0.1) is 11.6 Å². The third-order valence-electron chi connectivity index (χ3n) is 3.64. The molecule has 0 aromatic heterocycles. The fourth-order valence-electron chi connectivity index (χ4n) is 2.28. The van der Waals surface area contributed by atoms with E-state index in [1.165, 1.54) is 6.92 Å². The van der Waals surface area contributed by atoms with Crippen LogP contribution in [0.1, 0.15) is 35.7 Å². The minimum absolute atomic E-state index is 0.0660. The van der Waals surface area contributed by atoms with E-state index >= 15 is 0 Å². The maximum atomic E-state index is 12.5. The molecule has 27 heavy (non-hydrogen) atoms. The van der Waals surface area contributed by atoms with Gasteiger partial charge in [0.25, 0.3) is 0 Å². The summed E-state index contributed by atoms with van der Waals surface area (Å²) in [5.74, 6) is 1.57. The fourth-order valence-corrected chi connectivity index (χ4v) is 2.39. The van der Waals surface area contributed by atoms with Crippen LogP contribution < -0.4 is 9.47 Å². The molecule has 0 bridgehead atoms. The molecule has 0 fully saturated rings. The second-order valence-corrected chi connectivity index (χ2v) is 6.19. The van der Waals surface area contributed by atoms with Gasteiger partial charge < -0.3 is 14.2 Å². The smallest absolute Gasteiger partial charge is 0.302 e. The lowest BCUT2D eigenvalue weighted by Gasteiger charge is -2.08. The summed E-state index contributed by atoms with van der Waals surface area (Å²) in [7, 11) is 0. The number of halogens is 1. The van der Waals surface area contributed by atoms with Crippen molar-refractivity contribution in [2.45, 2.75) is 19.8 Å². The van der Waals surface area contributed by atoms with Crippen LogP contribution in [0.4, 0.5) is 0 Å². The number of esters is 1. The average molecular weight is 391 g/mol. The molecule has 0 aliphatic heterocycles. The van der Waals surface area contributed by atoms with E-state index in [9.17, 15) is 9.59 Å². The van der Waals surface area contributed by atoms with Crippen molar-refractivity contribution in [3.05, 3.63) is 59.7 Å². The Kier molecular flexibility index (Phi) is 8.65. The van der Waals surface area contributed by atoms with E-state index in [2.05, 4.69) is 0 Å². The zero-order valence-electron chi connectivity index (χ0n) is 15.3. The summed E-state index contributed by atoms with van der Waals surface area (Å²) in [5, 5.41) is 0. The first kappa shape index (κ1) is 20.8. The van der Waals surface area contributed by atoms with Crippen molar-refractivity contribution in [2.75, 3.05) is 25.7 Å². The maximum absolute atomic E-state index is 12.5. The minimum Gasteiger partial charge on any atom is -0.494 e. The van der Waals surface area contributed by atoms with Crippen molar-refractivity contribution in [1.29, 1.82) is 0 Å². The summed E-state index contributed by atoms with van der Waals surface area (Å²) < 4.78 is 15.9. The van der Waals surface area contributed by atoms with Crippen LogP contribution in [0.5, 0.6) is 11.5 Å². The van der Waals surface area contributed by atoms with Crippen molar-refractivity contribution in [3.63, 3.8) is 0 Å². The van der Waals surface area contributed by atoms with Crippen LogP contribution in [-0.2, 0) is 9.53 Å². The van der Waals surface area contributed by atoms with E-state index in [0.717, 1.165) is 6.42 Å². The Labute approximate surface area is 164 Å². The maximum Gasteiger partial charge on any atom is 0.302 e. The van der Waals surface area contributed by atoms with Gasteiger partial charge in [0.2, 0.25) is 0 Å². The molecule has 2 rings (SSSR count). The number of ketones is 1. The third kappa shape index (κ3) is 7.31. The van der Waals surface area contributed by atoms with Gasteiger partial charge in [-0.25, -0.2) is 0 Å². The monoisotopic (exact) mass is 390 g/mol.